The molecule has 1 aromatic heterocycles. The molecular formula is C13H21N3O2S2. The smallest absolute Gasteiger partial charge is 0.313 e. The summed E-state index contributed by atoms with van der Waals surface area (Å²) in [5, 5.41) is 18.6. The fourth-order valence-corrected chi connectivity index (χ4v) is 4.25. The van der Waals surface area contributed by atoms with E-state index in [1.54, 1.807) is 0 Å². The van der Waals surface area contributed by atoms with E-state index < -0.39 is 5.97 Å². The summed E-state index contributed by atoms with van der Waals surface area (Å²) in [6.45, 7) is 5.09. The molecular weight excluding hydrogens is 294 g/mol. The Kier molecular flexibility index (Phi) is 5.77. The third-order valence-electron chi connectivity index (χ3n) is 3.25. The molecule has 1 aliphatic heterocycles. The number of aromatic nitrogens is 3. The van der Waals surface area contributed by atoms with Gasteiger partial charge in [0.15, 0.2) is 5.16 Å². The second kappa shape index (κ2) is 7.36. The van der Waals surface area contributed by atoms with Crippen molar-refractivity contribution in [3.8, 4) is 0 Å². The van der Waals surface area contributed by atoms with Crippen LogP contribution in [-0.4, -0.2) is 42.6 Å². The molecule has 1 aliphatic rings. The van der Waals surface area contributed by atoms with E-state index in [0.717, 1.165) is 17.5 Å². The molecule has 0 spiro atoms. The van der Waals surface area contributed by atoms with Crippen LogP contribution in [-0.2, 0) is 11.3 Å². The fraction of sp³-hybridized carbons (Fsp3) is 0.769. The first kappa shape index (κ1) is 15.7. The van der Waals surface area contributed by atoms with Crippen molar-refractivity contribution < 1.29 is 9.90 Å². The van der Waals surface area contributed by atoms with Crippen LogP contribution < -0.4 is 0 Å². The van der Waals surface area contributed by atoms with Crippen molar-refractivity contribution in [3.63, 3.8) is 0 Å². The van der Waals surface area contributed by atoms with E-state index in [0.29, 0.717) is 11.2 Å². The SMILES string of the molecule is CC(C)c1nnc(SCC(=O)O)n1CC1CCCCS1. The first-order valence-electron chi connectivity index (χ1n) is 6.97. The van der Waals surface area contributed by atoms with E-state index in [2.05, 4.69) is 28.6 Å². The third-order valence-corrected chi connectivity index (χ3v) is 5.58. The van der Waals surface area contributed by atoms with Gasteiger partial charge in [-0.25, -0.2) is 0 Å². The van der Waals surface area contributed by atoms with Crippen LogP contribution in [0.3, 0.4) is 0 Å². The second-order valence-corrected chi connectivity index (χ2v) is 7.63. The van der Waals surface area contributed by atoms with E-state index >= 15 is 0 Å². The van der Waals surface area contributed by atoms with Crippen LogP contribution in [0.25, 0.3) is 0 Å². The summed E-state index contributed by atoms with van der Waals surface area (Å²) in [5.74, 6) is 1.71. The Morgan fingerprint density at radius 2 is 2.30 bits per heavy atom. The lowest BCUT2D eigenvalue weighted by Crippen LogP contribution is -2.20. The topological polar surface area (TPSA) is 68.0 Å². The molecule has 0 amide bonds. The molecule has 2 rings (SSSR count). The zero-order valence-corrected chi connectivity index (χ0v) is 13.5. The van der Waals surface area contributed by atoms with Crippen molar-refractivity contribution in [2.75, 3.05) is 11.5 Å². The Hall–Kier alpha value is -0.690. The van der Waals surface area contributed by atoms with Crippen LogP contribution in [0.1, 0.15) is 44.9 Å². The molecule has 1 saturated heterocycles. The molecule has 0 aliphatic carbocycles. The van der Waals surface area contributed by atoms with Gasteiger partial charge in [-0.3, -0.25) is 4.79 Å². The van der Waals surface area contributed by atoms with Crippen LogP contribution in [0.5, 0.6) is 0 Å². The van der Waals surface area contributed by atoms with Gasteiger partial charge in [0.2, 0.25) is 0 Å². The molecule has 1 atom stereocenters. The van der Waals surface area contributed by atoms with Crippen molar-refractivity contribution in [3.05, 3.63) is 5.82 Å². The summed E-state index contributed by atoms with van der Waals surface area (Å²) in [6.07, 6.45) is 3.82. The predicted molar refractivity (Wildman–Crippen MR) is 82.6 cm³/mol. The molecule has 2 heterocycles. The number of carboxylic acid groups (broad SMARTS) is 1. The summed E-state index contributed by atoms with van der Waals surface area (Å²) >= 11 is 3.28. The average molecular weight is 315 g/mol. The first-order chi connectivity index (χ1) is 9.58. The number of aliphatic carboxylic acids is 1. The van der Waals surface area contributed by atoms with Crippen LogP contribution in [0.4, 0.5) is 0 Å². The highest BCUT2D eigenvalue weighted by atomic mass is 32.2. The number of hydrogen-bond acceptors (Lipinski definition) is 5. The predicted octanol–water partition coefficient (Wildman–Crippen LogP) is 2.86. The molecule has 1 fully saturated rings. The zero-order chi connectivity index (χ0) is 14.5. The fourth-order valence-electron chi connectivity index (χ4n) is 2.29. The number of carboxylic acids is 1. The number of thioether (sulfide) groups is 2. The van der Waals surface area contributed by atoms with Gasteiger partial charge in [-0.05, 0) is 18.6 Å². The largest absolute Gasteiger partial charge is 0.481 e. The summed E-state index contributed by atoms with van der Waals surface area (Å²) < 4.78 is 2.13. The summed E-state index contributed by atoms with van der Waals surface area (Å²) in [5.41, 5.74) is 0. The van der Waals surface area contributed by atoms with Crippen LogP contribution in [0.2, 0.25) is 0 Å². The van der Waals surface area contributed by atoms with Gasteiger partial charge < -0.3 is 9.67 Å². The van der Waals surface area contributed by atoms with E-state index in [1.165, 1.54) is 36.8 Å². The Morgan fingerprint density at radius 1 is 1.50 bits per heavy atom. The Bertz CT molecular complexity index is 456. The molecule has 0 saturated carbocycles. The van der Waals surface area contributed by atoms with Gasteiger partial charge >= 0.3 is 5.97 Å². The molecule has 1 N–H and O–H groups in total. The monoisotopic (exact) mass is 315 g/mol. The lowest BCUT2D eigenvalue weighted by Gasteiger charge is -2.23. The average Bonchev–Trinajstić information content (AvgIpc) is 2.80. The van der Waals surface area contributed by atoms with Crippen LogP contribution in [0.15, 0.2) is 5.16 Å². The number of nitrogens with zero attached hydrogens (tertiary/aromatic N) is 3. The van der Waals surface area contributed by atoms with Crippen LogP contribution >= 0.6 is 23.5 Å². The normalized spacial score (nSPS) is 19.4. The van der Waals surface area contributed by atoms with Gasteiger partial charge in [0.05, 0.1) is 5.75 Å². The van der Waals surface area contributed by atoms with Crippen molar-refractivity contribution in [2.45, 2.75) is 56.0 Å². The highest BCUT2D eigenvalue weighted by Crippen LogP contribution is 2.29. The van der Waals surface area contributed by atoms with Gasteiger partial charge in [0.1, 0.15) is 5.82 Å². The van der Waals surface area contributed by atoms with Gasteiger partial charge in [0.25, 0.3) is 0 Å². The van der Waals surface area contributed by atoms with Crippen molar-refractivity contribution >= 4 is 29.5 Å². The van der Waals surface area contributed by atoms with Crippen molar-refractivity contribution in [2.24, 2.45) is 0 Å². The molecule has 0 aromatic carbocycles. The van der Waals surface area contributed by atoms with Crippen molar-refractivity contribution in [1.82, 2.24) is 14.8 Å². The highest BCUT2D eigenvalue weighted by Gasteiger charge is 2.21. The summed E-state index contributed by atoms with van der Waals surface area (Å²) in [4.78, 5) is 10.7. The van der Waals surface area contributed by atoms with E-state index in [1.807, 2.05) is 11.8 Å². The Balaban J connectivity index is 2.12. The molecule has 20 heavy (non-hydrogen) atoms. The summed E-state index contributed by atoms with van der Waals surface area (Å²) in [6, 6.07) is 0. The lowest BCUT2D eigenvalue weighted by molar-refractivity contribution is -0.133. The second-order valence-electron chi connectivity index (χ2n) is 5.28. The van der Waals surface area contributed by atoms with E-state index in [-0.39, 0.29) is 5.75 Å². The van der Waals surface area contributed by atoms with Crippen LogP contribution in [0, 0.1) is 0 Å². The standard InChI is InChI=1S/C13H21N3O2S2/c1-9(2)12-14-15-13(20-8-11(17)18)16(12)7-10-5-3-4-6-19-10/h9-10H,3-8H2,1-2H3,(H,17,18). The first-order valence-corrected chi connectivity index (χ1v) is 9.00. The van der Waals surface area contributed by atoms with E-state index in [4.69, 9.17) is 5.11 Å². The maximum Gasteiger partial charge on any atom is 0.313 e. The number of carbonyl (C=O) groups is 1. The number of hydrogen-bond donors (Lipinski definition) is 1. The van der Waals surface area contributed by atoms with Gasteiger partial charge in [-0.1, -0.05) is 32.0 Å². The molecule has 5 nitrogen and oxygen atoms in total. The number of rotatable bonds is 6. The Morgan fingerprint density at radius 3 is 2.90 bits per heavy atom. The molecule has 0 bridgehead atoms. The maximum atomic E-state index is 10.7. The summed E-state index contributed by atoms with van der Waals surface area (Å²) in [7, 11) is 0. The lowest BCUT2D eigenvalue weighted by atomic mass is 10.1. The van der Waals surface area contributed by atoms with Crippen molar-refractivity contribution in [1.29, 1.82) is 0 Å². The minimum Gasteiger partial charge on any atom is -0.481 e. The Labute approximate surface area is 127 Å². The minimum absolute atomic E-state index is 0.0358. The zero-order valence-electron chi connectivity index (χ0n) is 11.9. The molecule has 112 valence electrons. The highest BCUT2D eigenvalue weighted by molar-refractivity contribution is 8.00. The third kappa shape index (κ3) is 4.15. The molecule has 7 heteroatoms. The van der Waals surface area contributed by atoms with E-state index in [9.17, 15) is 4.79 Å². The van der Waals surface area contributed by atoms with Gasteiger partial charge in [-0.15, -0.1) is 10.2 Å². The molecule has 1 aromatic rings. The maximum absolute atomic E-state index is 10.7. The quantitative estimate of drug-likeness (QED) is 0.814. The van der Waals surface area contributed by atoms with Gasteiger partial charge in [-0.2, -0.15) is 11.8 Å². The van der Waals surface area contributed by atoms with Gasteiger partial charge in [0, 0.05) is 17.7 Å². The molecule has 0 radical (unpaired) electrons. The molecule has 1 unspecified atom stereocenters. The minimum atomic E-state index is -0.817.